The Morgan fingerprint density at radius 1 is 0.697 bits per heavy atom. The van der Waals surface area contributed by atoms with Crippen molar-refractivity contribution in [1.29, 1.82) is 0 Å². The van der Waals surface area contributed by atoms with Crippen molar-refractivity contribution in [3.8, 4) is 11.8 Å². The predicted octanol–water partition coefficient (Wildman–Crippen LogP) is 9.30. The second-order valence-corrected chi connectivity index (χ2v) is 10.0. The first kappa shape index (κ1) is 25.4. The van der Waals surface area contributed by atoms with Crippen molar-refractivity contribution in [2.24, 2.45) is 11.8 Å². The van der Waals surface area contributed by atoms with Gasteiger partial charge in [0.25, 0.3) is 0 Å². The van der Waals surface area contributed by atoms with Gasteiger partial charge >= 0.3 is 0 Å². The van der Waals surface area contributed by atoms with Crippen LogP contribution in [0.1, 0.15) is 107 Å². The van der Waals surface area contributed by atoms with Crippen molar-refractivity contribution in [1.82, 2.24) is 0 Å². The average Bonchev–Trinajstić information content (AvgIpc) is 2.87. The summed E-state index contributed by atoms with van der Waals surface area (Å²) in [5.74, 6) is 8.64. The van der Waals surface area contributed by atoms with Gasteiger partial charge in [0.1, 0.15) is 0 Å². The Morgan fingerprint density at radius 3 is 1.79 bits per heavy atom. The van der Waals surface area contributed by atoms with Crippen molar-refractivity contribution < 1.29 is 0 Å². The molecule has 0 atom stereocenters. The van der Waals surface area contributed by atoms with Gasteiger partial charge in [0, 0.05) is 11.1 Å². The van der Waals surface area contributed by atoms with Gasteiger partial charge in [0.2, 0.25) is 0 Å². The molecule has 0 unspecified atom stereocenters. The number of unbranched alkanes of at least 4 members (excludes halogenated alkanes) is 3. The molecule has 0 heterocycles. The number of hydrogen-bond acceptors (Lipinski definition) is 0. The van der Waals surface area contributed by atoms with Crippen LogP contribution in [-0.4, -0.2) is 0 Å². The second-order valence-electron chi connectivity index (χ2n) is 10.0. The van der Waals surface area contributed by atoms with Gasteiger partial charge in [-0.3, -0.25) is 0 Å². The lowest BCUT2D eigenvalue weighted by Crippen LogP contribution is -2.15. The van der Waals surface area contributed by atoms with Crippen molar-refractivity contribution in [3.05, 3.63) is 82.9 Å². The maximum absolute atomic E-state index is 3.34. The van der Waals surface area contributed by atoms with Gasteiger partial charge in [-0.25, -0.2) is 0 Å². The van der Waals surface area contributed by atoms with E-state index in [2.05, 4.69) is 86.4 Å². The van der Waals surface area contributed by atoms with Crippen LogP contribution in [0.5, 0.6) is 0 Å². The molecule has 0 saturated heterocycles. The molecule has 1 saturated carbocycles. The van der Waals surface area contributed by atoms with Crippen LogP contribution in [0.3, 0.4) is 0 Å². The fourth-order valence-electron chi connectivity index (χ4n) is 5.08. The zero-order valence-corrected chi connectivity index (χ0v) is 21.1. The molecule has 0 spiro atoms. The summed E-state index contributed by atoms with van der Waals surface area (Å²) >= 11 is 0. The summed E-state index contributed by atoms with van der Waals surface area (Å²) in [6.07, 6.45) is 21.9. The lowest BCUT2D eigenvalue weighted by Gasteiger charge is -2.28. The molecular formula is C33H44. The Labute approximate surface area is 203 Å². The van der Waals surface area contributed by atoms with Crippen molar-refractivity contribution >= 4 is 0 Å². The third kappa shape index (κ3) is 9.63. The fraction of sp³-hybridized carbons (Fsp3) is 0.515. The molecule has 0 bridgehead atoms. The molecule has 0 aromatic heterocycles. The summed E-state index contributed by atoms with van der Waals surface area (Å²) < 4.78 is 0. The number of benzene rings is 2. The van der Waals surface area contributed by atoms with Crippen LogP contribution in [0.2, 0.25) is 0 Å². The molecule has 1 aliphatic carbocycles. The van der Waals surface area contributed by atoms with Gasteiger partial charge in [-0.1, -0.05) is 100 Å². The van der Waals surface area contributed by atoms with Crippen LogP contribution in [0, 0.1) is 23.7 Å². The van der Waals surface area contributed by atoms with E-state index in [0.717, 1.165) is 29.4 Å². The molecule has 3 rings (SSSR count). The number of hydrogen-bond donors (Lipinski definition) is 0. The first-order chi connectivity index (χ1) is 16.3. The zero-order valence-electron chi connectivity index (χ0n) is 21.1. The van der Waals surface area contributed by atoms with E-state index in [0.29, 0.717) is 0 Å². The van der Waals surface area contributed by atoms with Crippen molar-refractivity contribution in [2.75, 3.05) is 0 Å². The van der Waals surface area contributed by atoms with E-state index in [1.54, 1.807) is 0 Å². The molecule has 33 heavy (non-hydrogen) atoms. The minimum Gasteiger partial charge on any atom is -0.0917 e. The van der Waals surface area contributed by atoms with Crippen LogP contribution >= 0.6 is 0 Å². The number of aryl methyl sites for hydroxylation is 2. The van der Waals surface area contributed by atoms with Gasteiger partial charge in [0.05, 0.1) is 0 Å². The quantitative estimate of drug-likeness (QED) is 0.185. The van der Waals surface area contributed by atoms with Gasteiger partial charge < -0.3 is 0 Å². The Bertz CT molecular complexity index is 864. The third-order valence-electron chi connectivity index (χ3n) is 7.35. The topological polar surface area (TPSA) is 0 Å². The number of allylic oxidation sites excluding steroid dienone is 2. The zero-order chi connectivity index (χ0) is 23.1. The van der Waals surface area contributed by atoms with Gasteiger partial charge in [0.15, 0.2) is 0 Å². The molecule has 0 aliphatic heterocycles. The van der Waals surface area contributed by atoms with Crippen LogP contribution in [-0.2, 0) is 12.8 Å². The highest BCUT2D eigenvalue weighted by molar-refractivity contribution is 5.44. The molecule has 176 valence electrons. The van der Waals surface area contributed by atoms with Crippen molar-refractivity contribution in [2.45, 2.75) is 97.3 Å². The fourth-order valence-corrected chi connectivity index (χ4v) is 5.08. The van der Waals surface area contributed by atoms with Gasteiger partial charge in [-0.15, -0.1) is 0 Å². The normalized spacial score (nSPS) is 18.2. The van der Waals surface area contributed by atoms with Crippen LogP contribution in [0.4, 0.5) is 0 Å². The lowest BCUT2D eigenvalue weighted by atomic mass is 9.78. The third-order valence-corrected chi connectivity index (χ3v) is 7.35. The highest BCUT2D eigenvalue weighted by atomic mass is 14.3. The Hall–Kier alpha value is -2.26. The van der Waals surface area contributed by atoms with E-state index in [4.69, 9.17) is 0 Å². The molecule has 0 amide bonds. The molecule has 2 aromatic carbocycles. The second kappa shape index (κ2) is 14.8. The summed E-state index contributed by atoms with van der Waals surface area (Å²) in [4.78, 5) is 0. The molecule has 0 nitrogen and oxygen atoms in total. The smallest absolute Gasteiger partial charge is 0.0249 e. The summed E-state index contributed by atoms with van der Waals surface area (Å²) in [6, 6.07) is 17.8. The SMILES string of the molecule is C/C=C/CCCCc1ccc(C#Cc2ccc(CCC3CCC(CCCC)CC3)cc2)cc1. The molecule has 0 radical (unpaired) electrons. The van der Waals surface area contributed by atoms with Crippen LogP contribution < -0.4 is 0 Å². The van der Waals surface area contributed by atoms with Gasteiger partial charge in [-0.05, 0) is 92.7 Å². The largest absolute Gasteiger partial charge is 0.0917 e. The standard InChI is InChI=1S/C33H44/c1-3-5-7-8-9-11-29-14-18-31(19-15-29)21-23-33-26-24-32(25-27-33)22-20-30-16-12-28(13-17-30)10-6-4-2/h3,5,14-15,18-19,24-28,30H,4,6-13,16-17,20,22H2,1-2H3/b5-3+. The number of rotatable bonds is 11. The monoisotopic (exact) mass is 440 g/mol. The first-order valence-corrected chi connectivity index (χ1v) is 13.6. The molecule has 0 N–H and O–H groups in total. The maximum Gasteiger partial charge on any atom is 0.0249 e. The first-order valence-electron chi connectivity index (χ1n) is 13.6. The summed E-state index contributed by atoms with van der Waals surface area (Å²) in [5.41, 5.74) is 5.10. The Balaban J connectivity index is 1.39. The highest BCUT2D eigenvalue weighted by Crippen LogP contribution is 2.34. The van der Waals surface area contributed by atoms with E-state index in [9.17, 15) is 0 Å². The van der Waals surface area contributed by atoms with Crippen LogP contribution in [0.25, 0.3) is 0 Å². The van der Waals surface area contributed by atoms with E-state index >= 15 is 0 Å². The molecule has 0 heteroatoms. The molecule has 1 aliphatic rings. The van der Waals surface area contributed by atoms with E-state index < -0.39 is 0 Å². The minimum atomic E-state index is 0.943. The summed E-state index contributed by atoms with van der Waals surface area (Å²) in [7, 11) is 0. The molecule has 1 fully saturated rings. The molecule has 2 aromatic rings. The van der Waals surface area contributed by atoms with Gasteiger partial charge in [-0.2, -0.15) is 0 Å². The Kier molecular flexibility index (Phi) is 11.4. The summed E-state index contributed by atoms with van der Waals surface area (Å²) in [5, 5.41) is 0. The lowest BCUT2D eigenvalue weighted by molar-refractivity contribution is 0.250. The minimum absolute atomic E-state index is 0.943. The van der Waals surface area contributed by atoms with E-state index in [1.807, 2.05) is 0 Å². The highest BCUT2D eigenvalue weighted by Gasteiger charge is 2.20. The average molecular weight is 441 g/mol. The predicted molar refractivity (Wildman–Crippen MR) is 145 cm³/mol. The van der Waals surface area contributed by atoms with E-state index in [1.165, 1.54) is 88.2 Å². The van der Waals surface area contributed by atoms with Crippen molar-refractivity contribution in [3.63, 3.8) is 0 Å². The molecular weight excluding hydrogens is 396 g/mol. The Morgan fingerprint density at radius 2 is 1.24 bits per heavy atom. The van der Waals surface area contributed by atoms with E-state index in [-0.39, 0.29) is 0 Å². The van der Waals surface area contributed by atoms with Crippen LogP contribution in [0.15, 0.2) is 60.7 Å². The maximum atomic E-state index is 3.34. The summed E-state index contributed by atoms with van der Waals surface area (Å²) in [6.45, 7) is 4.41.